The van der Waals surface area contributed by atoms with Crippen LogP contribution in [-0.2, 0) is 28.4 Å². The molecule has 0 aromatic heterocycles. The number of hydrogen-bond acceptors (Lipinski definition) is 12. The monoisotopic (exact) mass is 442 g/mol. The highest BCUT2D eigenvalue weighted by molar-refractivity contribution is 4.79. The molecule has 0 aromatic carbocycles. The van der Waals surface area contributed by atoms with Gasteiger partial charge >= 0.3 is 0 Å². The van der Waals surface area contributed by atoms with Gasteiger partial charge in [-0.3, -0.25) is 0 Å². The fraction of sp³-hybridized carbons (Fsp3) is 1.00. The second-order valence-electron chi connectivity index (χ2n) is 7.38. The van der Waals surface area contributed by atoms with Gasteiger partial charge in [0.1, 0.15) is 48.8 Å². The van der Waals surface area contributed by atoms with E-state index in [2.05, 4.69) is 0 Å². The molecular formula is C18H34O12. The summed E-state index contributed by atoms with van der Waals surface area (Å²) in [5.41, 5.74) is 0. The summed E-state index contributed by atoms with van der Waals surface area (Å²) in [6.45, 7) is 5.07. The molecule has 4 fully saturated rings. The zero-order valence-corrected chi connectivity index (χ0v) is 16.8. The average Bonchev–Trinajstić information content (AvgIpc) is 3.61. The third kappa shape index (κ3) is 12.4. The smallest absolute Gasteiger partial charge is 0.111 e. The molecule has 0 amide bonds. The summed E-state index contributed by atoms with van der Waals surface area (Å²) in [6, 6.07) is 0. The van der Waals surface area contributed by atoms with E-state index in [0.29, 0.717) is 24.4 Å². The Morgan fingerprint density at radius 3 is 0.967 bits per heavy atom. The van der Waals surface area contributed by atoms with Crippen LogP contribution < -0.4 is 0 Å². The minimum Gasteiger partial charge on any atom is -0.394 e. The van der Waals surface area contributed by atoms with E-state index in [0.717, 1.165) is 52.9 Å². The maximum Gasteiger partial charge on any atom is 0.111 e. The van der Waals surface area contributed by atoms with E-state index in [4.69, 9.17) is 59.1 Å². The molecule has 4 heterocycles. The van der Waals surface area contributed by atoms with E-state index in [1.54, 1.807) is 0 Å². The van der Waals surface area contributed by atoms with E-state index in [-0.39, 0.29) is 0 Å². The van der Waals surface area contributed by atoms with Gasteiger partial charge in [0.2, 0.25) is 0 Å². The van der Waals surface area contributed by atoms with Crippen molar-refractivity contribution in [3.8, 4) is 0 Å². The minimum atomic E-state index is -1.67. The first-order valence-corrected chi connectivity index (χ1v) is 10.00. The fourth-order valence-electron chi connectivity index (χ4n) is 1.99. The van der Waals surface area contributed by atoms with Gasteiger partial charge in [-0.15, -0.1) is 0 Å². The molecule has 0 bridgehead atoms. The molecule has 4 rings (SSSR count). The third-order valence-electron chi connectivity index (χ3n) is 4.34. The van der Waals surface area contributed by atoms with Crippen molar-refractivity contribution in [3.05, 3.63) is 0 Å². The minimum absolute atomic E-state index is 0.392. The number of aliphatic hydroxyl groups is 6. The van der Waals surface area contributed by atoms with Gasteiger partial charge in [0.25, 0.3) is 0 Å². The number of hydrogen-bond donors (Lipinski definition) is 6. The first kappa shape index (κ1) is 25.8. The zero-order valence-electron chi connectivity index (χ0n) is 16.8. The van der Waals surface area contributed by atoms with Crippen molar-refractivity contribution in [2.75, 3.05) is 66.1 Å². The normalized spacial score (nSPS) is 31.8. The molecule has 0 saturated carbocycles. The predicted octanol–water partition coefficient (Wildman–Crippen LogP) is -3.98. The topological polar surface area (TPSA) is 190 Å². The molecule has 12 heteroatoms. The first-order chi connectivity index (χ1) is 14.4. The molecule has 4 aliphatic heterocycles. The Labute approximate surface area is 174 Å². The Morgan fingerprint density at radius 2 is 0.800 bits per heavy atom. The Balaban J connectivity index is 0.000000162. The van der Waals surface area contributed by atoms with E-state index in [9.17, 15) is 0 Å². The van der Waals surface area contributed by atoms with E-state index in [1.807, 2.05) is 0 Å². The second kappa shape index (κ2) is 13.8. The Bertz CT molecular complexity index is 375. The maximum atomic E-state index is 8.96. The summed E-state index contributed by atoms with van der Waals surface area (Å²) in [6.07, 6.45) is -4.82. The predicted molar refractivity (Wildman–Crippen MR) is 98.8 cm³/mol. The van der Waals surface area contributed by atoms with Gasteiger partial charge in [0.05, 0.1) is 66.1 Å². The zero-order chi connectivity index (χ0) is 21.9. The summed E-state index contributed by atoms with van der Waals surface area (Å²) in [4.78, 5) is 0. The molecule has 30 heavy (non-hydrogen) atoms. The van der Waals surface area contributed by atoms with Crippen LogP contribution in [-0.4, -0.2) is 146 Å². The fourth-order valence-corrected chi connectivity index (χ4v) is 1.99. The van der Waals surface area contributed by atoms with Crippen LogP contribution in [0.5, 0.6) is 0 Å². The van der Waals surface area contributed by atoms with Gasteiger partial charge in [0, 0.05) is 0 Å². The third-order valence-corrected chi connectivity index (χ3v) is 4.34. The number of epoxide rings is 4. The maximum absolute atomic E-state index is 8.96. The Hall–Kier alpha value is -0.480. The molecule has 0 radical (unpaired) electrons. The van der Waals surface area contributed by atoms with Gasteiger partial charge in [0.15, 0.2) is 0 Å². The van der Waals surface area contributed by atoms with Crippen molar-refractivity contribution >= 4 is 0 Å². The molecule has 8 unspecified atom stereocenters. The lowest BCUT2D eigenvalue weighted by molar-refractivity contribution is -0.123. The molecule has 4 aliphatic rings. The molecule has 12 nitrogen and oxygen atoms in total. The summed E-state index contributed by atoms with van der Waals surface area (Å²) in [5, 5.41) is 52.2. The first-order valence-electron chi connectivity index (χ1n) is 10.00. The van der Waals surface area contributed by atoms with Crippen molar-refractivity contribution in [2.45, 2.75) is 48.8 Å². The van der Waals surface area contributed by atoms with E-state index < -0.39 is 37.6 Å². The van der Waals surface area contributed by atoms with Crippen LogP contribution in [0.3, 0.4) is 0 Å². The quantitative estimate of drug-likeness (QED) is 0.152. The van der Waals surface area contributed by atoms with Crippen LogP contribution in [0.4, 0.5) is 0 Å². The molecule has 0 aromatic rings. The van der Waals surface area contributed by atoms with Gasteiger partial charge in [-0.2, -0.15) is 0 Å². The van der Waals surface area contributed by atoms with Gasteiger partial charge in [-0.05, 0) is 0 Å². The molecule has 178 valence electrons. The largest absolute Gasteiger partial charge is 0.394 e. The molecule has 4 saturated heterocycles. The van der Waals surface area contributed by atoms with Gasteiger partial charge in [-0.1, -0.05) is 0 Å². The summed E-state index contributed by atoms with van der Waals surface area (Å²) in [7, 11) is 0. The Morgan fingerprint density at radius 1 is 0.567 bits per heavy atom. The molecule has 8 atom stereocenters. The number of rotatable bonds is 13. The lowest BCUT2D eigenvalue weighted by Gasteiger charge is -2.24. The van der Waals surface area contributed by atoms with Crippen LogP contribution in [0.2, 0.25) is 0 Å². The number of ether oxygens (including phenoxy) is 6. The van der Waals surface area contributed by atoms with Crippen LogP contribution in [0.25, 0.3) is 0 Å². The van der Waals surface area contributed by atoms with Gasteiger partial charge < -0.3 is 59.1 Å². The van der Waals surface area contributed by atoms with Crippen molar-refractivity contribution in [1.29, 1.82) is 0 Å². The van der Waals surface area contributed by atoms with Crippen LogP contribution in [0.1, 0.15) is 0 Å². The van der Waals surface area contributed by atoms with Crippen molar-refractivity contribution < 1.29 is 59.1 Å². The lowest BCUT2D eigenvalue weighted by atomic mass is 10.0. The molecular weight excluding hydrogens is 408 g/mol. The van der Waals surface area contributed by atoms with Crippen LogP contribution >= 0.6 is 0 Å². The van der Waals surface area contributed by atoms with E-state index >= 15 is 0 Å². The molecule has 0 aliphatic carbocycles. The lowest BCUT2D eigenvalue weighted by Crippen LogP contribution is -2.46. The second-order valence-corrected chi connectivity index (χ2v) is 7.38. The van der Waals surface area contributed by atoms with E-state index in [1.165, 1.54) is 0 Å². The highest BCUT2D eigenvalue weighted by atomic mass is 16.6. The van der Waals surface area contributed by atoms with Crippen LogP contribution in [0, 0.1) is 0 Å². The highest BCUT2D eigenvalue weighted by Crippen LogP contribution is 2.13. The standard InChI is InChI=1S/C6H14O6.2C6H10O3/c7-1-3(9)5(11)6(12)4(10)2-8;2*1(5-3-8-5)7-2-6-4-9-6/h3-12H,1-2H2;2*5-6H,1-4H2. The van der Waals surface area contributed by atoms with Crippen molar-refractivity contribution in [3.63, 3.8) is 0 Å². The van der Waals surface area contributed by atoms with Crippen molar-refractivity contribution in [2.24, 2.45) is 0 Å². The summed E-state index contributed by atoms with van der Waals surface area (Å²) >= 11 is 0. The Kier molecular flexibility index (Phi) is 11.9. The van der Waals surface area contributed by atoms with Crippen LogP contribution in [0.15, 0.2) is 0 Å². The SMILES string of the molecule is C(OCC1CO1)C1CO1.C(OCC1CO1)C1CO1.OCC(O)C(O)C(O)C(O)CO. The number of aliphatic hydroxyl groups excluding tert-OH is 6. The molecule has 0 spiro atoms. The molecule has 6 N–H and O–H groups in total. The van der Waals surface area contributed by atoms with Gasteiger partial charge in [-0.25, -0.2) is 0 Å². The highest BCUT2D eigenvalue weighted by Gasteiger charge is 2.29. The van der Waals surface area contributed by atoms with Crippen molar-refractivity contribution in [1.82, 2.24) is 0 Å². The average molecular weight is 442 g/mol. The summed E-state index contributed by atoms with van der Waals surface area (Å²) in [5.74, 6) is 0. The summed E-state index contributed by atoms with van der Waals surface area (Å²) < 4.78 is 30.2.